The molecule has 2 aliphatic rings. The minimum Gasteiger partial charge on any atom is -0.399 e. The van der Waals surface area contributed by atoms with Crippen molar-refractivity contribution in [3.63, 3.8) is 0 Å². The molecule has 3 N–H and O–H groups in total. The number of carbonyl (C=O) groups is 1. The fourth-order valence-electron chi connectivity index (χ4n) is 3.56. The van der Waals surface area contributed by atoms with Crippen LogP contribution < -0.4 is 11.1 Å². The van der Waals surface area contributed by atoms with Gasteiger partial charge in [-0.1, -0.05) is 12.1 Å². The zero-order valence-electron chi connectivity index (χ0n) is 16.7. The third-order valence-electron chi connectivity index (χ3n) is 5.52. The van der Waals surface area contributed by atoms with Crippen LogP contribution in [0.1, 0.15) is 24.5 Å². The Balaban J connectivity index is 1.74. The average molecular weight is 408 g/mol. The van der Waals surface area contributed by atoms with Gasteiger partial charge in [-0.05, 0) is 49.7 Å². The molecule has 0 radical (unpaired) electrons. The van der Waals surface area contributed by atoms with Crippen LogP contribution in [0.25, 0.3) is 0 Å². The number of anilines is 1. The molecule has 1 aliphatic heterocycles. The van der Waals surface area contributed by atoms with Gasteiger partial charge in [-0.15, -0.1) is 0 Å². The minimum atomic E-state index is -4.49. The normalized spacial score (nSPS) is 21.5. The first-order valence-corrected chi connectivity index (χ1v) is 9.70. The molecule has 8 heteroatoms. The monoisotopic (exact) mass is 408 g/mol. The molecule has 1 heterocycles. The maximum Gasteiger partial charge on any atom is 0.416 e. The van der Waals surface area contributed by atoms with Crippen LogP contribution in [0.2, 0.25) is 0 Å². The lowest BCUT2D eigenvalue weighted by Gasteiger charge is -2.33. The summed E-state index contributed by atoms with van der Waals surface area (Å²) in [6, 6.07) is 4.03. The van der Waals surface area contributed by atoms with E-state index in [1.807, 2.05) is 24.9 Å². The second kappa shape index (κ2) is 8.59. The summed E-state index contributed by atoms with van der Waals surface area (Å²) >= 11 is 0. The van der Waals surface area contributed by atoms with Crippen molar-refractivity contribution in [1.29, 1.82) is 0 Å². The molecule has 0 saturated carbocycles. The summed E-state index contributed by atoms with van der Waals surface area (Å²) in [5.74, 6) is -0.852. The molecule has 3 rings (SSSR count). The number of nitrogens with zero attached hydrogens (tertiary/aromatic N) is 2. The van der Waals surface area contributed by atoms with E-state index in [0.29, 0.717) is 12.1 Å². The van der Waals surface area contributed by atoms with E-state index < -0.39 is 17.7 Å². The third-order valence-corrected chi connectivity index (χ3v) is 5.52. The van der Waals surface area contributed by atoms with E-state index in [1.54, 1.807) is 6.08 Å². The second-order valence-electron chi connectivity index (χ2n) is 7.79. The van der Waals surface area contributed by atoms with E-state index in [9.17, 15) is 18.0 Å². The fourth-order valence-corrected chi connectivity index (χ4v) is 3.56. The Morgan fingerprint density at radius 3 is 2.55 bits per heavy atom. The fraction of sp³-hybridized carbons (Fsp3) is 0.476. The van der Waals surface area contributed by atoms with Crippen LogP contribution in [0.4, 0.5) is 18.9 Å². The van der Waals surface area contributed by atoms with E-state index in [1.165, 1.54) is 12.1 Å². The Kier molecular flexibility index (Phi) is 6.33. The van der Waals surface area contributed by atoms with Crippen LogP contribution in [0.15, 0.2) is 41.6 Å². The first-order chi connectivity index (χ1) is 13.6. The van der Waals surface area contributed by atoms with Crippen molar-refractivity contribution in [3.8, 4) is 0 Å². The molecule has 1 unspecified atom stereocenters. The maximum atomic E-state index is 13.7. The summed E-state index contributed by atoms with van der Waals surface area (Å²) in [7, 11) is 2.00. The summed E-state index contributed by atoms with van der Waals surface area (Å²) in [5, 5.41) is 2.61. The molecule has 1 aromatic carbocycles. The predicted molar refractivity (Wildman–Crippen MR) is 107 cm³/mol. The third kappa shape index (κ3) is 5.39. The van der Waals surface area contributed by atoms with Gasteiger partial charge in [0.25, 0.3) is 0 Å². The van der Waals surface area contributed by atoms with E-state index in [-0.39, 0.29) is 23.7 Å². The summed E-state index contributed by atoms with van der Waals surface area (Å²) in [6.45, 7) is 5.23. The van der Waals surface area contributed by atoms with Gasteiger partial charge < -0.3 is 16.0 Å². The highest BCUT2D eigenvalue weighted by Crippen LogP contribution is 2.35. The first-order valence-electron chi connectivity index (χ1n) is 9.70. The molecule has 1 amide bonds. The van der Waals surface area contributed by atoms with Crippen molar-refractivity contribution in [2.75, 3.05) is 38.5 Å². The minimum absolute atomic E-state index is 0.141. The number of nitrogens with two attached hydrogens (primary N) is 1. The van der Waals surface area contributed by atoms with Crippen molar-refractivity contribution in [1.82, 2.24) is 9.80 Å². The highest BCUT2D eigenvalue weighted by atomic mass is 19.4. The Morgan fingerprint density at radius 2 is 1.93 bits per heavy atom. The number of carbonyl (C=O) groups excluding carboxylic acids is 1. The topological polar surface area (TPSA) is 61.6 Å². The molecule has 1 atom stereocenters. The molecule has 0 aromatic heterocycles. The molecule has 5 nitrogen and oxygen atoms in total. The van der Waals surface area contributed by atoms with Gasteiger partial charge in [-0.2, -0.15) is 13.2 Å². The average Bonchev–Trinajstić information content (AvgIpc) is 2.66. The first kappa shape index (κ1) is 21.4. The number of alkyl halides is 3. The molecular weight excluding hydrogens is 381 g/mol. The van der Waals surface area contributed by atoms with Crippen LogP contribution >= 0.6 is 0 Å². The lowest BCUT2D eigenvalue weighted by molar-refractivity contribution is -0.138. The predicted octanol–water partition coefficient (Wildman–Crippen LogP) is 3.20. The SMILES string of the molecule is CC1=CCC(C(=O)Nc2ccc(CN3CCN(C)CC3)c(C(F)(F)F)c2)C=C1N. The molecule has 0 bridgehead atoms. The zero-order valence-corrected chi connectivity index (χ0v) is 16.7. The van der Waals surface area contributed by atoms with Gasteiger partial charge in [0.15, 0.2) is 0 Å². The molecule has 1 aromatic rings. The smallest absolute Gasteiger partial charge is 0.399 e. The molecule has 1 aliphatic carbocycles. The van der Waals surface area contributed by atoms with E-state index in [2.05, 4.69) is 10.2 Å². The quantitative estimate of drug-likeness (QED) is 0.803. The van der Waals surface area contributed by atoms with E-state index >= 15 is 0 Å². The van der Waals surface area contributed by atoms with Crippen LogP contribution in [0.5, 0.6) is 0 Å². The van der Waals surface area contributed by atoms with Gasteiger partial charge in [0.2, 0.25) is 5.91 Å². The Labute approximate surface area is 169 Å². The number of benzene rings is 1. The summed E-state index contributed by atoms with van der Waals surface area (Å²) in [5.41, 5.74) is 6.94. The van der Waals surface area contributed by atoms with Gasteiger partial charge in [-0.25, -0.2) is 0 Å². The molecule has 1 fully saturated rings. The van der Waals surface area contributed by atoms with Gasteiger partial charge in [0.1, 0.15) is 0 Å². The van der Waals surface area contributed by atoms with Crippen LogP contribution in [-0.2, 0) is 17.5 Å². The number of amides is 1. The number of hydrogen-bond acceptors (Lipinski definition) is 4. The molecular formula is C21H27F3N4O. The lowest BCUT2D eigenvalue weighted by atomic mass is 9.94. The molecule has 1 saturated heterocycles. The van der Waals surface area contributed by atoms with Crippen molar-refractivity contribution in [2.24, 2.45) is 11.7 Å². The standard InChI is InChI=1S/C21H27F3N4O/c1-14-3-4-15(11-19(14)25)20(29)26-17-6-5-16(18(12-17)21(22,23)24)13-28-9-7-27(2)8-10-28/h3,5-6,11-12,15H,4,7-10,13,25H2,1-2H3,(H,26,29). The van der Waals surface area contributed by atoms with Crippen molar-refractivity contribution >= 4 is 11.6 Å². The highest BCUT2D eigenvalue weighted by Gasteiger charge is 2.34. The van der Waals surface area contributed by atoms with Crippen molar-refractivity contribution in [3.05, 3.63) is 52.7 Å². The maximum absolute atomic E-state index is 13.7. The van der Waals surface area contributed by atoms with E-state index in [4.69, 9.17) is 5.73 Å². The number of rotatable bonds is 4. The van der Waals surface area contributed by atoms with Gasteiger partial charge in [-0.3, -0.25) is 9.69 Å². The molecule has 29 heavy (non-hydrogen) atoms. The van der Waals surface area contributed by atoms with Gasteiger partial charge in [0, 0.05) is 44.1 Å². The summed E-state index contributed by atoms with van der Waals surface area (Å²) < 4.78 is 41.0. The molecule has 0 spiro atoms. The molecule has 158 valence electrons. The van der Waals surface area contributed by atoms with Crippen LogP contribution in [0, 0.1) is 5.92 Å². The summed E-state index contributed by atoms with van der Waals surface area (Å²) in [6.07, 6.45) is -0.499. The van der Waals surface area contributed by atoms with Gasteiger partial charge >= 0.3 is 6.18 Å². The number of halogens is 3. The number of likely N-dealkylation sites (N-methyl/N-ethyl adjacent to an activating group) is 1. The second-order valence-corrected chi connectivity index (χ2v) is 7.79. The highest BCUT2D eigenvalue weighted by molar-refractivity contribution is 5.94. The lowest BCUT2D eigenvalue weighted by Crippen LogP contribution is -2.44. The number of piperazine rings is 1. The largest absolute Gasteiger partial charge is 0.416 e. The van der Waals surface area contributed by atoms with Crippen LogP contribution in [0.3, 0.4) is 0 Å². The van der Waals surface area contributed by atoms with Crippen molar-refractivity contribution in [2.45, 2.75) is 26.1 Å². The Morgan fingerprint density at radius 1 is 1.24 bits per heavy atom. The number of allylic oxidation sites excluding steroid dienone is 2. The number of nitrogens with one attached hydrogen (secondary N) is 1. The van der Waals surface area contributed by atoms with E-state index in [0.717, 1.165) is 37.8 Å². The Bertz CT molecular complexity index is 824. The number of hydrogen-bond donors (Lipinski definition) is 2. The van der Waals surface area contributed by atoms with Crippen molar-refractivity contribution < 1.29 is 18.0 Å². The summed E-state index contributed by atoms with van der Waals surface area (Å²) in [4.78, 5) is 16.7. The van der Waals surface area contributed by atoms with Gasteiger partial charge in [0.05, 0.1) is 11.5 Å². The zero-order chi connectivity index (χ0) is 21.2. The Hall–Kier alpha value is -2.32. The van der Waals surface area contributed by atoms with Crippen LogP contribution in [-0.4, -0.2) is 48.9 Å².